The van der Waals surface area contributed by atoms with Crippen molar-refractivity contribution in [2.75, 3.05) is 12.9 Å². The molecule has 148 valence electrons. The van der Waals surface area contributed by atoms with Crippen molar-refractivity contribution in [3.63, 3.8) is 0 Å². The summed E-state index contributed by atoms with van der Waals surface area (Å²) in [4.78, 5) is 19.5. The highest BCUT2D eigenvalue weighted by Gasteiger charge is 2.08. The molecule has 0 aliphatic rings. The normalized spacial score (nSPS) is 11.1. The van der Waals surface area contributed by atoms with E-state index in [1.165, 1.54) is 5.56 Å². The zero-order valence-electron chi connectivity index (χ0n) is 15.6. The molecule has 0 aliphatic carbocycles. The van der Waals surface area contributed by atoms with E-state index in [9.17, 15) is 4.79 Å². The van der Waals surface area contributed by atoms with Gasteiger partial charge in [-0.3, -0.25) is 4.79 Å². The molecule has 0 amide bonds. The Bertz CT molecular complexity index is 1160. The second kappa shape index (κ2) is 9.43. The van der Waals surface area contributed by atoms with Gasteiger partial charge in [-0.25, -0.2) is 4.98 Å². The molecule has 2 aromatic heterocycles. The lowest BCUT2D eigenvalue weighted by molar-refractivity contribution is 0.414. The van der Waals surface area contributed by atoms with Crippen LogP contribution in [0.4, 0.5) is 0 Å². The maximum Gasteiger partial charge on any atom is 0.258 e. The number of nitrogens with one attached hydrogen (secondary N) is 1. The Balaban J connectivity index is 1.29. The predicted molar refractivity (Wildman–Crippen MR) is 119 cm³/mol. The number of nitrogens with zero attached hydrogens (tertiary/aromatic N) is 3. The van der Waals surface area contributed by atoms with Crippen LogP contribution in [-0.2, 0) is 12.2 Å². The molecule has 2 aromatic carbocycles. The molecule has 9 heteroatoms. The Morgan fingerprint density at radius 3 is 2.59 bits per heavy atom. The Morgan fingerprint density at radius 1 is 1.03 bits per heavy atom. The largest absolute Gasteiger partial charge is 0.497 e. The van der Waals surface area contributed by atoms with Crippen LogP contribution in [0.3, 0.4) is 0 Å². The van der Waals surface area contributed by atoms with Gasteiger partial charge in [0.25, 0.3) is 5.56 Å². The van der Waals surface area contributed by atoms with Gasteiger partial charge in [0.05, 0.1) is 18.0 Å². The first-order chi connectivity index (χ1) is 14.2. The number of aryl methyl sites for hydroxylation is 1. The van der Waals surface area contributed by atoms with Crippen molar-refractivity contribution in [2.24, 2.45) is 0 Å². The Morgan fingerprint density at radius 2 is 1.79 bits per heavy atom. The highest BCUT2D eigenvalue weighted by molar-refractivity contribution is 8.02. The number of benzene rings is 2. The summed E-state index contributed by atoms with van der Waals surface area (Å²) in [6.45, 7) is 0. The second-order valence-corrected chi connectivity index (χ2v) is 9.64. The Kier molecular flexibility index (Phi) is 6.48. The van der Waals surface area contributed by atoms with Gasteiger partial charge in [-0.05, 0) is 29.8 Å². The summed E-state index contributed by atoms with van der Waals surface area (Å²) >= 11 is 4.89. The van der Waals surface area contributed by atoms with Crippen molar-refractivity contribution in [1.82, 2.24) is 20.2 Å². The van der Waals surface area contributed by atoms with Gasteiger partial charge in [-0.2, -0.15) is 0 Å². The first-order valence-electron chi connectivity index (χ1n) is 8.91. The van der Waals surface area contributed by atoms with E-state index >= 15 is 0 Å². The Labute approximate surface area is 180 Å². The number of para-hydroxylation sites is 1. The molecule has 1 N–H and O–H groups in total. The van der Waals surface area contributed by atoms with E-state index in [4.69, 9.17) is 4.74 Å². The van der Waals surface area contributed by atoms with Crippen LogP contribution in [-0.4, -0.2) is 33.0 Å². The highest BCUT2D eigenvalue weighted by Crippen LogP contribution is 2.31. The summed E-state index contributed by atoms with van der Waals surface area (Å²) < 4.78 is 7.05. The molecule has 29 heavy (non-hydrogen) atoms. The third kappa shape index (κ3) is 5.17. The maximum absolute atomic E-state index is 12.1. The van der Waals surface area contributed by atoms with Crippen molar-refractivity contribution in [1.29, 1.82) is 0 Å². The van der Waals surface area contributed by atoms with Gasteiger partial charge in [0, 0.05) is 17.9 Å². The number of thioether (sulfide) groups is 2. The van der Waals surface area contributed by atoms with E-state index in [1.54, 1.807) is 48.0 Å². The summed E-state index contributed by atoms with van der Waals surface area (Å²) in [5.74, 6) is 3.17. The van der Waals surface area contributed by atoms with Crippen LogP contribution in [0.5, 0.6) is 5.75 Å². The first kappa shape index (κ1) is 19.9. The maximum atomic E-state index is 12.1. The highest BCUT2D eigenvalue weighted by atomic mass is 32.2. The average molecular weight is 443 g/mol. The van der Waals surface area contributed by atoms with Crippen LogP contribution in [0, 0.1) is 0 Å². The van der Waals surface area contributed by atoms with E-state index in [-0.39, 0.29) is 5.56 Å². The molecule has 2 heterocycles. The standard InChI is InChI=1S/C20H18N4O2S3/c1-26-14-8-6-13(7-9-14)12-28-20-24-23-19(29-20)27-11-10-17-21-16-5-3-2-4-15(16)18(25)22-17/h2-9H,10-12H2,1H3,(H,21,22,25). The fourth-order valence-corrected chi connectivity index (χ4v) is 5.66. The predicted octanol–water partition coefficient (Wildman–Crippen LogP) is 4.41. The minimum atomic E-state index is -0.0938. The molecule has 0 radical (unpaired) electrons. The minimum Gasteiger partial charge on any atom is -0.497 e. The topological polar surface area (TPSA) is 80.8 Å². The molecule has 0 saturated carbocycles. The molecule has 0 spiro atoms. The quantitative estimate of drug-likeness (QED) is 0.405. The van der Waals surface area contributed by atoms with Crippen LogP contribution in [0.1, 0.15) is 11.4 Å². The van der Waals surface area contributed by atoms with Gasteiger partial charge in [-0.1, -0.05) is 59.1 Å². The third-order valence-corrected chi connectivity index (χ3v) is 7.40. The van der Waals surface area contributed by atoms with Gasteiger partial charge in [-0.15, -0.1) is 10.2 Å². The lowest BCUT2D eigenvalue weighted by Crippen LogP contribution is -2.12. The second-order valence-electron chi connectivity index (χ2n) is 6.10. The summed E-state index contributed by atoms with van der Waals surface area (Å²) in [7, 11) is 1.66. The average Bonchev–Trinajstić information content (AvgIpc) is 3.20. The van der Waals surface area contributed by atoms with E-state index < -0.39 is 0 Å². The van der Waals surface area contributed by atoms with E-state index in [2.05, 4.69) is 32.3 Å². The summed E-state index contributed by atoms with van der Waals surface area (Å²) in [6, 6.07) is 15.4. The van der Waals surface area contributed by atoms with E-state index in [0.29, 0.717) is 17.6 Å². The summed E-state index contributed by atoms with van der Waals surface area (Å²) in [5.41, 5.74) is 1.85. The number of aromatic amines is 1. The smallest absolute Gasteiger partial charge is 0.258 e. The van der Waals surface area contributed by atoms with Crippen LogP contribution in [0.25, 0.3) is 10.9 Å². The summed E-state index contributed by atoms with van der Waals surface area (Å²) in [6.07, 6.45) is 0.665. The molecular weight excluding hydrogens is 424 g/mol. The zero-order valence-corrected chi connectivity index (χ0v) is 18.1. The number of methoxy groups -OCH3 is 1. The van der Waals surface area contributed by atoms with Gasteiger partial charge < -0.3 is 9.72 Å². The number of aromatic nitrogens is 4. The number of fused-ring (bicyclic) bond motifs is 1. The molecular formula is C20H18N4O2S3. The molecule has 4 rings (SSSR count). The molecule has 0 atom stereocenters. The zero-order chi connectivity index (χ0) is 20.1. The number of H-pyrrole nitrogens is 1. The number of hydrogen-bond donors (Lipinski definition) is 1. The molecule has 0 saturated heterocycles. The lowest BCUT2D eigenvalue weighted by atomic mass is 10.2. The third-order valence-electron chi connectivity index (χ3n) is 4.14. The number of hydrogen-bond acceptors (Lipinski definition) is 8. The van der Waals surface area contributed by atoms with Gasteiger partial charge >= 0.3 is 0 Å². The monoisotopic (exact) mass is 442 g/mol. The molecule has 0 bridgehead atoms. The van der Waals surface area contributed by atoms with Gasteiger partial charge in [0.15, 0.2) is 8.68 Å². The molecule has 4 aromatic rings. The number of ether oxygens (including phenoxy) is 1. The Hall–Kier alpha value is -2.36. The first-order valence-corrected chi connectivity index (χ1v) is 11.7. The van der Waals surface area contributed by atoms with Gasteiger partial charge in [0.1, 0.15) is 11.6 Å². The SMILES string of the molecule is COc1ccc(CSc2nnc(SCCc3nc4ccccc4c(=O)[nH]3)s2)cc1. The minimum absolute atomic E-state index is 0.0938. The molecule has 0 aliphatic heterocycles. The van der Waals surface area contributed by atoms with Gasteiger partial charge in [0.2, 0.25) is 0 Å². The van der Waals surface area contributed by atoms with Crippen LogP contribution < -0.4 is 10.3 Å². The van der Waals surface area contributed by atoms with Crippen molar-refractivity contribution in [3.8, 4) is 5.75 Å². The fraction of sp³-hybridized carbons (Fsp3) is 0.200. The molecule has 0 fully saturated rings. The van der Waals surface area contributed by atoms with Crippen LogP contribution in [0.15, 0.2) is 62.0 Å². The van der Waals surface area contributed by atoms with Crippen molar-refractivity contribution >= 4 is 45.8 Å². The molecule has 6 nitrogen and oxygen atoms in total. The van der Waals surface area contributed by atoms with Crippen molar-refractivity contribution < 1.29 is 4.74 Å². The van der Waals surface area contributed by atoms with E-state index in [0.717, 1.165) is 31.5 Å². The fourth-order valence-electron chi connectivity index (χ4n) is 2.67. The van der Waals surface area contributed by atoms with Crippen molar-refractivity contribution in [3.05, 3.63) is 70.3 Å². The number of rotatable bonds is 8. The van der Waals surface area contributed by atoms with Crippen LogP contribution in [0.2, 0.25) is 0 Å². The molecule has 0 unspecified atom stereocenters. The van der Waals surface area contributed by atoms with E-state index in [1.807, 2.05) is 30.3 Å². The summed E-state index contributed by atoms with van der Waals surface area (Å²) in [5, 5.41) is 9.13. The van der Waals surface area contributed by atoms with Crippen molar-refractivity contribution in [2.45, 2.75) is 20.9 Å². The lowest BCUT2D eigenvalue weighted by Gasteiger charge is -2.02. The van der Waals surface area contributed by atoms with Crippen LogP contribution >= 0.6 is 34.9 Å².